The van der Waals surface area contributed by atoms with Crippen LogP contribution in [0, 0.1) is 0 Å². The van der Waals surface area contributed by atoms with Gasteiger partial charge in [-0.1, -0.05) is 161 Å². The zero-order valence-corrected chi connectivity index (χ0v) is 33.3. The van der Waals surface area contributed by atoms with E-state index in [2.05, 4.69) is 173 Å². The van der Waals surface area contributed by atoms with Gasteiger partial charge in [0.15, 0.2) is 0 Å². The van der Waals surface area contributed by atoms with E-state index in [4.69, 9.17) is 14.6 Å². The summed E-state index contributed by atoms with van der Waals surface area (Å²) >= 11 is 0. The minimum atomic E-state index is -2.40. The molecule has 6 heteroatoms. The van der Waals surface area contributed by atoms with E-state index in [-0.39, 0.29) is 18.9 Å². The second kappa shape index (κ2) is 21.6. The number of hydrogen-bond donors (Lipinski definition) is 0. The van der Waals surface area contributed by atoms with Crippen LogP contribution in [0.1, 0.15) is 76.3 Å². The largest absolute Gasteiger partial charge is 1.00 e. The van der Waals surface area contributed by atoms with Crippen molar-refractivity contribution in [1.29, 1.82) is 0 Å². The number of hydrogen-bond acceptors (Lipinski definition) is 2. The molecule has 0 bridgehead atoms. The van der Waals surface area contributed by atoms with Crippen molar-refractivity contribution in [3.8, 4) is 0 Å². The Morgan fingerprint density at radius 2 is 0.863 bits per heavy atom. The van der Waals surface area contributed by atoms with Crippen molar-refractivity contribution in [1.82, 2.24) is 0 Å². The molecule has 2 heterocycles. The molecule has 51 heavy (non-hydrogen) atoms. The normalized spacial score (nSPS) is 13.9. The topological polar surface area (TPSA) is 32.6 Å². The van der Waals surface area contributed by atoms with Gasteiger partial charge < -0.3 is 14.6 Å². The minimum Gasteiger partial charge on any atom is -0.649 e. The van der Waals surface area contributed by atoms with Crippen LogP contribution in [0.25, 0.3) is 5.09 Å². The third-order valence-electron chi connectivity index (χ3n) is 9.04. The van der Waals surface area contributed by atoms with Gasteiger partial charge in [0.2, 0.25) is 0 Å². The first-order chi connectivity index (χ1) is 24.5. The van der Waals surface area contributed by atoms with Crippen molar-refractivity contribution in [2.75, 3.05) is 26.4 Å². The Balaban J connectivity index is 0.000000455. The summed E-state index contributed by atoms with van der Waals surface area (Å²) < 4.78 is 9.89. The Bertz CT molecular complexity index is 1610. The maximum absolute atomic E-state index is 6.04. The van der Waals surface area contributed by atoms with E-state index < -0.39 is 15.0 Å². The summed E-state index contributed by atoms with van der Waals surface area (Å²) in [6.45, 7) is 13.2. The molecule has 2 saturated heterocycles. The minimum absolute atomic E-state index is 0. The summed E-state index contributed by atoms with van der Waals surface area (Å²) in [6.07, 6.45) is 5.11. The molecule has 0 aliphatic carbocycles. The molecule has 0 amide bonds. The molecule has 2 aliphatic heterocycles. The monoisotopic (exact) mass is 710 g/mol. The molecule has 2 fully saturated rings. The van der Waals surface area contributed by atoms with E-state index in [1.807, 2.05) is 0 Å². The first kappa shape index (κ1) is 40.9. The number of nitrogens with zero attached hydrogens (tertiary/aromatic N) is 1. The summed E-state index contributed by atoms with van der Waals surface area (Å²) in [5.41, 5.74) is 6.51. The fraction of sp³-hybridized carbons (Fsp3) is 0.311. The molecule has 0 spiro atoms. The maximum Gasteiger partial charge on any atom is 1.00 e. The molecule has 2 aliphatic rings. The summed E-state index contributed by atoms with van der Waals surface area (Å²) in [7, 11) is -3.70. The second-order valence-corrected chi connectivity index (χ2v) is 19.1. The second-order valence-electron chi connectivity index (χ2n) is 13.5. The number of rotatable bonds is 9. The van der Waals surface area contributed by atoms with Crippen LogP contribution in [0.2, 0.25) is 0 Å². The summed E-state index contributed by atoms with van der Waals surface area (Å²) in [5.74, 6) is 0.748. The van der Waals surface area contributed by atoms with Crippen LogP contribution in [-0.4, -0.2) is 32.0 Å². The average molecular weight is 711 g/mol. The van der Waals surface area contributed by atoms with Gasteiger partial charge in [-0.2, -0.15) is 0 Å². The zero-order chi connectivity index (χ0) is 35.0. The molecule has 7 rings (SSSR count). The molecule has 262 valence electrons. The summed E-state index contributed by atoms with van der Waals surface area (Å²) in [6, 6.07) is 51.0. The first-order valence-corrected chi connectivity index (χ1v) is 21.7. The van der Waals surface area contributed by atoms with Crippen molar-refractivity contribution in [2.45, 2.75) is 65.2 Å². The fourth-order valence-electron chi connectivity index (χ4n) is 6.30. The van der Waals surface area contributed by atoms with Crippen LogP contribution < -0.4 is 40.1 Å². The van der Waals surface area contributed by atoms with Gasteiger partial charge in [-0.3, -0.25) is 0 Å². The van der Waals surface area contributed by atoms with Crippen LogP contribution in [0.3, 0.4) is 0 Å². The van der Waals surface area contributed by atoms with Gasteiger partial charge in [-0.05, 0) is 72.4 Å². The summed E-state index contributed by atoms with van der Waals surface area (Å²) in [5, 5.41) is 11.4. The maximum atomic E-state index is 6.04. The van der Waals surface area contributed by atoms with Gasteiger partial charge in [0.25, 0.3) is 0 Å². The molecule has 0 N–H and O–H groups in total. The SMILES string of the molecule is C1CCOC1.C1CCOC1.CC(C)c1cccc(C(C)C)c1[N-]P(=C[PH+](c1ccccc1)c1ccccc1)(c1ccccc1)c1ccccc1.[Li+]. The van der Waals surface area contributed by atoms with E-state index >= 15 is 0 Å². The molecule has 0 radical (unpaired) electrons. The van der Waals surface area contributed by atoms with Crippen LogP contribution in [0.5, 0.6) is 0 Å². The Labute approximate surface area is 321 Å². The van der Waals surface area contributed by atoms with Gasteiger partial charge >= 0.3 is 18.9 Å². The van der Waals surface area contributed by atoms with Crippen molar-refractivity contribution in [2.24, 2.45) is 0 Å². The van der Waals surface area contributed by atoms with Gasteiger partial charge in [0, 0.05) is 26.4 Å². The van der Waals surface area contributed by atoms with E-state index in [1.54, 1.807) is 0 Å². The smallest absolute Gasteiger partial charge is 0.649 e. The Morgan fingerprint density at radius 3 is 1.18 bits per heavy atom. The molecule has 0 atom stereocenters. The predicted octanol–water partition coefficient (Wildman–Crippen LogP) is 7.74. The van der Waals surface area contributed by atoms with Crippen molar-refractivity contribution in [3.63, 3.8) is 0 Å². The molecule has 5 aromatic carbocycles. The summed E-state index contributed by atoms with van der Waals surface area (Å²) in [4.78, 5) is 0. The van der Waals surface area contributed by atoms with Gasteiger partial charge in [0.1, 0.15) is 10.6 Å². The van der Waals surface area contributed by atoms with E-state index in [1.165, 1.54) is 63.7 Å². The van der Waals surface area contributed by atoms with E-state index in [0.717, 1.165) is 26.4 Å². The Morgan fingerprint density at radius 1 is 0.510 bits per heavy atom. The van der Waals surface area contributed by atoms with E-state index in [9.17, 15) is 0 Å². The van der Waals surface area contributed by atoms with Crippen LogP contribution in [-0.2, 0) is 9.47 Å². The predicted molar refractivity (Wildman–Crippen MR) is 223 cm³/mol. The van der Waals surface area contributed by atoms with Gasteiger partial charge in [-0.25, -0.2) is 0 Å². The number of benzene rings is 5. The molecule has 5 aromatic rings. The molecule has 0 aromatic heterocycles. The van der Waals surface area contributed by atoms with Crippen LogP contribution >= 0.6 is 15.0 Å². The first-order valence-electron chi connectivity index (χ1n) is 18.3. The van der Waals surface area contributed by atoms with Crippen molar-refractivity contribution in [3.05, 3.63) is 156 Å². The Hall–Kier alpha value is -2.85. The molecule has 0 saturated carbocycles. The Kier molecular flexibility index (Phi) is 17.3. The standard InChI is InChI=1S/C37H38NP2.2C4H8O.Li/c1-29(2)35-26-17-27-36(30(3)4)37(35)38-40(33-22-13-7-14-23-33,34-24-15-8-16-25-34)28-39(31-18-9-5-10-19-31)32-20-11-6-12-21-32;2*1-2-4-5-3-1;/h5-30H,1-4H3;2*1-4H2;/q-1;;;+1/p+1. The van der Waals surface area contributed by atoms with Crippen LogP contribution in [0.4, 0.5) is 5.69 Å². The number of ether oxygens (including phenoxy) is 2. The molecular formula is C45H55LiNO2P2+. The van der Waals surface area contributed by atoms with Gasteiger partial charge in [-0.15, -0.1) is 5.69 Å². The zero-order valence-electron chi connectivity index (χ0n) is 31.4. The van der Waals surface area contributed by atoms with E-state index in [0.29, 0.717) is 11.8 Å². The fourth-order valence-corrected chi connectivity index (χ4v) is 14.2. The third-order valence-corrected chi connectivity index (χ3v) is 16.2. The van der Waals surface area contributed by atoms with Crippen molar-refractivity contribution < 1.29 is 28.3 Å². The quantitative estimate of drug-likeness (QED) is 0.116. The van der Waals surface area contributed by atoms with Gasteiger partial charge in [0.05, 0.1) is 13.5 Å². The third kappa shape index (κ3) is 11.6. The molecule has 3 nitrogen and oxygen atoms in total. The molecule has 0 unspecified atom stereocenters. The molecular weight excluding hydrogens is 655 g/mol. The van der Waals surface area contributed by atoms with Crippen LogP contribution in [0.15, 0.2) is 140 Å². The average Bonchev–Trinajstić information content (AvgIpc) is 3.96. The van der Waals surface area contributed by atoms with Crippen molar-refractivity contribution >= 4 is 47.4 Å².